The van der Waals surface area contributed by atoms with Gasteiger partial charge < -0.3 is 10.1 Å². The number of aromatic nitrogens is 2. The summed E-state index contributed by atoms with van der Waals surface area (Å²) in [4.78, 5) is 36.7. The van der Waals surface area contributed by atoms with Crippen molar-refractivity contribution in [2.75, 3.05) is 12.4 Å². The molecule has 0 radical (unpaired) electrons. The van der Waals surface area contributed by atoms with Gasteiger partial charge in [-0.25, -0.2) is 9.59 Å². The molecule has 0 fully saturated rings. The highest BCUT2D eigenvalue weighted by Crippen LogP contribution is 2.22. The molecule has 0 spiro atoms. The van der Waals surface area contributed by atoms with Gasteiger partial charge >= 0.3 is 11.7 Å². The highest BCUT2D eigenvalue weighted by atomic mass is 32.1. The lowest BCUT2D eigenvalue weighted by Gasteiger charge is -2.04. The van der Waals surface area contributed by atoms with Crippen LogP contribution in [0.5, 0.6) is 0 Å². The molecule has 7 nitrogen and oxygen atoms in total. The Bertz CT molecular complexity index is 999. The van der Waals surface area contributed by atoms with Crippen molar-refractivity contribution in [3.63, 3.8) is 0 Å². The molecule has 1 aromatic carbocycles. The molecule has 0 aliphatic carbocycles. The van der Waals surface area contributed by atoms with Crippen LogP contribution < -0.4 is 11.0 Å². The number of methoxy groups -OCH3 is 1. The first kappa shape index (κ1) is 17.0. The number of hydrogen-bond acceptors (Lipinski definition) is 5. The Kier molecular flexibility index (Phi) is 4.71. The van der Waals surface area contributed by atoms with Crippen LogP contribution in [0.25, 0.3) is 11.0 Å². The van der Waals surface area contributed by atoms with Crippen molar-refractivity contribution in [1.82, 2.24) is 9.13 Å². The summed E-state index contributed by atoms with van der Waals surface area (Å²) in [5.41, 5.74) is 1.29. The van der Waals surface area contributed by atoms with Gasteiger partial charge in [0.05, 0.1) is 23.1 Å². The van der Waals surface area contributed by atoms with E-state index in [-0.39, 0.29) is 18.1 Å². The molecule has 0 aliphatic rings. The van der Waals surface area contributed by atoms with E-state index < -0.39 is 5.97 Å². The third-order valence-corrected chi connectivity index (χ3v) is 4.78. The molecule has 2 aromatic heterocycles. The van der Waals surface area contributed by atoms with E-state index in [1.54, 1.807) is 16.7 Å². The minimum Gasteiger partial charge on any atom is -0.465 e. The number of hydrogen-bond donors (Lipinski definition) is 1. The Labute approximate surface area is 147 Å². The van der Waals surface area contributed by atoms with E-state index in [0.717, 1.165) is 16.9 Å². The van der Waals surface area contributed by atoms with Crippen LogP contribution >= 0.6 is 11.3 Å². The van der Waals surface area contributed by atoms with E-state index >= 15 is 0 Å². The maximum absolute atomic E-state index is 12.5. The number of rotatable bonds is 5. The average molecular weight is 359 g/mol. The Hall–Kier alpha value is -2.87. The van der Waals surface area contributed by atoms with E-state index in [9.17, 15) is 14.4 Å². The highest BCUT2D eigenvalue weighted by molar-refractivity contribution is 7.18. The van der Waals surface area contributed by atoms with Gasteiger partial charge in [-0.05, 0) is 31.2 Å². The normalized spacial score (nSPS) is 10.8. The zero-order chi connectivity index (χ0) is 18.0. The van der Waals surface area contributed by atoms with Crippen LogP contribution in [0.15, 0.2) is 41.2 Å². The van der Waals surface area contributed by atoms with E-state index in [1.807, 2.05) is 31.2 Å². The SMILES string of the molecule is CCn1c(=O)n(CC(=O)Nc2ccc(C(=O)OC)s2)c2ccccc21. The number of esters is 1. The molecule has 1 N–H and O–H groups in total. The number of imidazole rings is 1. The molecule has 0 saturated heterocycles. The molecule has 0 bridgehead atoms. The van der Waals surface area contributed by atoms with Crippen molar-refractivity contribution < 1.29 is 14.3 Å². The summed E-state index contributed by atoms with van der Waals surface area (Å²) in [5.74, 6) is -0.785. The third kappa shape index (κ3) is 3.20. The number of anilines is 1. The molecule has 0 unspecified atom stereocenters. The Morgan fingerprint density at radius 3 is 2.44 bits per heavy atom. The first-order chi connectivity index (χ1) is 12.0. The topological polar surface area (TPSA) is 82.3 Å². The molecule has 8 heteroatoms. The predicted octanol–water partition coefficient (Wildman–Crippen LogP) is 2.31. The van der Waals surface area contributed by atoms with Crippen LogP contribution in [-0.4, -0.2) is 28.1 Å². The molecule has 1 amide bonds. The molecule has 130 valence electrons. The lowest BCUT2D eigenvalue weighted by molar-refractivity contribution is -0.116. The Morgan fingerprint density at radius 1 is 1.12 bits per heavy atom. The summed E-state index contributed by atoms with van der Waals surface area (Å²) < 4.78 is 7.72. The smallest absolute Gasteiger partial charge is 0.348 e. The Balaban J connectivity index is 1.83. The van der Waals surface area contributed by atoms with Gasteiger partial charge in [-0.15, -0.1) is 11.3 Å². The number of para-hydroxylation sites is 2. The zero-order valence-electron chi connectivity index (χ0n) is 13.8. The van der Waals surface area contributed by atoms with Gasteiger partial charge in [0.1, 0.15) is 11.4 Å². The van der Waals surface area contributed by atoms with Gasteiger partial charge in [0.2, 0.25) is 5.91 Å². The summed E-state index contributed by atoms with van der Waals surface area (Å²) in [6, 6.07) is 10.6. The number of amides is 1. The van der Waals surface area contributed by atoms with Crippen molar-refractivity contribution in [2.45, 2.75) is 20.0 Å². The fourth-order valence-electron chi connectivity index (χ4n) is 2.67. The van der Waals surface area contributed by atoms with Gasteiger partial charge in [-0.3, -0.25) is 13.9 Å². The van der Waals surface area contributed by atoms with E-state index in [0.29, 0.717) is 21.9 Å². The standard InChI is InChI=1S/C17H17N3O4S/c1-3-19-11-6-4-5-7-12(11)20(17(19)23)10-14(21)18-15-9-8-13(25-15)16(22)24-2/h4-9H,3,10H2,1-2H3,(H,18,21). The van der Waals surface area contributed by atoms with E-state index in [2.05, 4.69) is 10.1 Å². The number of carbonyl (C=O) groups excluding carboxylic acids is 2. The molecular weight excluding hydrogens is 342 g/mol. The molecule has 0 saturated carbocycles. The second kappa shape index (κ2) is 6.94. The van der Waals surface area contributed by atoms with Crippen molar-refractivity contribution in [3.8, 4) is 0 Å². The quantitative estimate of drug-likeness (QED) is 0.709. The summed E-state index contributed by atoms with van der Waals surface area (Å²) in [5, 5.41) is 3.24. The van der Waals surface area contributed by atoms with Crippen LogP contribution in [0.1, 0.15) is 16.6 Å². The molecule has 3 rings (SSSR count). The third-order valence-electron chi connectivity index (χ3n) is 3.80. The van der Waals surface area contributed by atoms with Gasteiger partial charge in [-0.2, -0.15) is 0 Å². The number of nitrogens with one attached hydrogen (secondary N) is 1. The van der Waals surface area contributed by atoms with E-state index in [1.165, 1.54) is 11.7 Å². The van der Waals surface area contributed by atoms with Crippen molar-refractivity contribution in [1.29, 1.82) is 0 Å². The van der Waals surface area contributed by atoms with Crippen LogP contribution in [0.2, 0.25) is 0 Å². The van der Waals surface area contributed by atoms with Gasteiger partial charge in [0.25, 0.3) is 0 Å². The van der Waals surface area contributed by atoms with Crippen molar-refractivity contribution in [3.05, 3.63) is 51.8 Å². The lowest BCUT2D eigenvalue weighted by Crippen LogP contribution is -2.29. The minimum atomic E-state index is -0.451. The monoisotopic (exact) mass is 359 g/mol. The second-order valence-electron chi connectivity index (χ2n) is 5.31. The largest absolute Gasteiger partial charge is 0.465 e. The van der Waals surface area contributed by atoms with Crippen LogP contribution in [0, 0.1) is 0 Å². The van der Waals surface area contributed by atoms with Crippen LogP contribution in [-0.2, 0) is 22.6 Å². The first-order valence-electron chi connectivity index (χ1n) is 7.71. The summed E-state index contributed by atoms with van der Waals surface area (Å²) in [7, 11) is 1.30. The van der Waals surface area contributed by atoms with Gasteiger partial charge in [0, 0.05) is 6.54 Å². The number of benzene rings is 1. The fourth-order valence-corrected chi connectivity index (χ4v) is 3.51. The highest BCUT2D eigenvalue weighted by Gasteiger charge is 2.15. The average Bonchev–Trinajstić information content (AvgIpc) is 3.18. The number of thiophene rings is 1. The molecule has 0 aliphatic heterocycles. The van der Waals surface area contributed by atoms with Crippen LogP contribution in [0.4, 0.5) is 5.00 Å². The van der Waals surface area contributed by atoms with Crippen molar-refractivity contribution >= 4 is 39.2 Å². The molecule has 25 heavy (non-hydrogen) atoms. The molecule has 0 atom stereocenters. The maximum Gasteiger partial charge on any atom is 0.348 e. The number of carbonyl (C=O) groups is 2. The number of ether oxygens (including phenoxy) is 1. The lowest BCUT2D eigenvalue weighted by atomic mass is 10.3. The first-order valence-corrected chi connectivity index (χ1v) is 8.53. The number of nitrogens with zero attached hydrogens (tertiary/aromatic N) is 2. The predicted molar refractivity (Wildman–Crippen MR) is 96.2 cm³/mol. The summed E-state index contributed by atoms with van der Waals surface area (Å²) in [6.07, 6.45) is 0. The number of aryl methyl sites for hydroxylation is 1. The summed E-state index contributed by atoms with van der Waals surface area (Å²) in [6.45, 7) is 2.32. The molecular formula is C17H17N3O4S. The fraction of sp³-hybridized carbons (Fsp3) is 0.235. The zero-order valence-corrected chi connectivity index (χ0v) is 14.6. The van der Waals surface area contributed by atoms with Crippen LogP contribution in [0.3, 0.4) is 0 Å². The van der Waals surface area contributed by atoms with E-state index in [4.69, 9.17) is 0 Å². The second-order valence-corrected chi connectivity index (χ2v) is 6.39. The molecule has 3 aromatic rings. The Morgan fingerprint density at radius 2 is 1.80 bits per heavy atom. The van der Waals surface area contributed by atoms with Gasteiger partial charge in [-0.1, -0.05) is 12.1 Å². The maximum atomic E-state index is 12.5. The summed E-state index contributed by atoms with van der Waals surface area (Å²) >= 11 is 1.12. The molecule has 2 heterocycles. The number of fused-ring (bicyclic) bond motifs is 1. The minimum absolute atomic E-state index is 0.0994. The van der Waals surface area contributed by atoms with Gasteiger partial charge in [0.15, 0.2) is 0 Å². The van der Waals surface area contributed by atoms with Crippen molar-refractivity contribution in [2.24, 2.45) is 0 Å².